The first-order chi connectivity index (χ1) is 18.7. The molecule has 1 unspecified atom stereocenters. The number of piperidine rings is 1. The number of halogens is 5. The molecule has 0 spiro atoms. The quantitative estimate of drug-likeness (QED) is 0.321. The predicted molar refractivity (Wildman–Crippen MR) is 132 cm³/mol. The first-order valence-corrected chi connectivity index (χ1v) is 13.1. The number of hydrogen-bond donors (Lipinski definition) is 0. The molecule has 2 aromatic heterocycles. The summed E-state index contributed by atoms with van der Waals surface area (Å²) in [5, 5.41) is 6.83. The van der Waals surface area contributed by atoms with Crippen molar-refractivity contribution < 1.29 is 36.3 Å². The summed E-state index contributed by atoms with van der Waals surface area (Å²) in [5.41, 5.74) is 0.516. The fourth-order valence-corrected chi connectivity index (χ4v) is 5.63. The zero-order valence-electron chi connectivity index (χ0n) is 20.4. The Balaban J connectivity index is 1.14. The zero-order valence-corrected chi connectivity index (χ0v) is 21.2. The second kappa shape index (κ2) is 11.2. The van der Waals surface area contributed by atoms with Gasteiger partial charge < -0.3 is 14.5 Å². The number of aromatic nitrogens is 2. The van der Waals surface area contributed by atoms with Gasteiger partial charge >= 0.3 is 6.18 Å². The van der Waals surface area contributed by atoms with Crippen molar-refractivity contribution >= 4 is 23.0 Å². The fourth-order valence-electron chi connectivity index (χ4n) is 4.62. The lowest BCUT2D eigenvalue weighted by atomic mass is 9.97. The minimum Gasteiger partial charge on any atom is -0.467 e. The van der Waals surface area contributed by atoms with E-state index >= 15 is 0 Å². The summed E-state index contributed by atoms with van der Waals surface area (Å²) in [6.45, 7) is 0.279. The average molecular weight is 567 g/mol. The Morgan fingerprint density at radius 1 is 1.15 bits per heavy atom. The molecule has 3 aromatic rings. The lowest BCUT2D eigenvalue weighted by molar-refractivity contribution is -0.141. The second-order valence-electron chi connectivity index (χ2n) is 9.13. The Morgan fingerprint density at radius 3 is 2.67 bits per heavy atom. The van der Waals surface area contributed by atoms with Crippen LogP contribution in [-0.2, 0) is 15.8 Å². The maximum Gasteiger partial charge on any atom is 0.421 e. The number of carbonyl (C=O) groups is 1. The van der Waals surface area contributed by atoms with Gasteiger partial charge in [-0.2, -0.15) is 13.2 Å². The molecule has 1 aromatic carbocycles. The number of amides is 1. The van der Waals surface area contributed by atoms with Gasteiger partial charge in [0.05, 0.1) is 10.7 Å². The smallest absolute Gasteiger partial charge is 0.421 e. The van der Waals surface area contributed by atoms with Crippen LogP contribution in [0.4, 0.5) is 22.0 Å². The highest BCUT2D eigenvalue weighted by Crippen LogP contribution is 2.37. The van der Waals surface area contributed by atoms with E-state index in [1.54, 1.807) is 23.1 Å². The minimum atomic E-state index is -4.63. The molecule has 1 amide bonds. The minimum absolute atomic E-state index is 0.0783. The largest absolute Gasteiger partial charge is 0.467 e. The van der Waals surface area contributed by atoms with E-state index < -0.39 is 42.7 Å². The standard InChI is InChI=1S/C26H23F5N4O3S/c27-23(28)17-5-2-1-4-16(17)21-12-19(34-38-21)20-14-39-25(33-20)15-7-10-35(11-8-15)22(36)13-37-24-18(26(29,30)31)6-3-9-32-24/h1-6,9,14-15,21,23H,7-8,10-13H2. The van der Waals surface area contributed by atoms with Crippen LogP contribution >= 0.6 is 11.3 Å². The zero-order chi connectivity index (χ0) is 27.6. The number of thiazole rings is 1. The Kier molecular flexibility index (Phi) is 7.78. The third kappa shape index (κ3) is 6.02. The third-order valence-corrected chi connectivity index (χ3v) is 7.68. The van der Waals surface area contributed by atoms with Crippen molar-refractivity contribution in [2.75, 3.05) is 19.7 Å². The van der Waals surface area contributed by atoms with Crippen molar-refractivity contribution in [1.82, 2.24) is 14.9 Å². The maximum atomic E-state index is 13.4. The van der Waals surface area contributed by atoms with Crippen LogP contribution in [0, 0.1) is 0 Å². The third-order valence-electron chi connectivity index (χ3n) is 6.67. The van der Waals surface area contributed by atoms with Crippen LogP contribution in [0.15, 0.2) is 53.1 Å². The SMILES string of the molecule is O=C(COc1ncccc1C(F)(F)F)N1CCC(c2nc(C3=NOC(c4ccccc4C(F)F)C3)cs2)CC1. The molecule has 4 heterocycles. The molecular formula is C26H23F5N4O3S. The van der Waals surface area contributed by atoms with Gasteiger partial charge in [0.15, 0.2) is 12.7 Å². The highest BCUT2D eigenvalue weighted by molar-refractivity contribution is 7.10. The lowest BCUT2D eigenvalue weighted by Gasteiger charge is -2.31. The number of rotatable bonds is 7. The van der Waals surface area contributed by atoms with E-state index in [9.17, 15) is 26.7 Å². The van der Waals surface area contributed by atoms with Gasteiger partial charge in [0.1, 0.15) is 11.3 Å². The predicted octanol–water partition coefficient (Wildman–Crippen LogP) is 6.15. The van der Waals surface area contributed by atoms with Gasteiger partial charge in [-0.05, 0) is 25.0 Å². The Bertz CT molecular complexity index is 1360. The van der Waals surface area contributed by atoms with Crippen molar-refractivity contribution in [1.29, 1.82) is 0 Å². The number of benzene rings is 1. The van der Waals surface area contributed by atoms with Crippen molar-refractivity contribution in [3.8, 4) is 5.88 Å². The van der Waals surface area contributed by atoms with Crippen molar-refractivity contribution in [2.24, 2.45) is 5.16 Å². The van der Waals surface area contributed by atoms with Crippen LogP contribution in [0.1, 0.15) is 65.1 Å². The van der Waals surface area contributed by atoms with Crippen LogP contribution < -0.4 is 4.74 Å². The number of hydrogen-bond acceptors (Lipinski definition) is 7. The number of pyridine rings is 1. The van der Waals surface area contributed by atoms with Crippen molar-refractivity contribution in [2.45, 2.75) is 43.9 Å². The number of likely N-dealkylation sites (tertiary alicyclic amines) is 1. The second-order valence-corrected chi connectivity index (χ2v) is 10.0. The Morgan fingerprint density at radius 2 is 1.92 bits per heavy atom. The highest BCUT2D eigenvalue weighted by Gasteiger charge is 2.36. The van der Waals surface area contributed by atoms with Gasteiger partial charge in [0.2, 0.25) is 5.88 Å². The lowest BCUT2D eigenvalue weighted by Crippen LogP contribution is -2.40. The van der Waals surface area contributed by atoms with Crippen LogP contribution in [0.25, 0.3) is 0 Å². The van der Waals surface area contributed by atoms with Gasteiger partial charge in [-0.1, -0.05) is 29.4 Å². The van der Waals surface area contributed by atoms with Crippen LogP contribution in [0.5, 0.6) is 5.88 Å². The van der Waals surface area contributed by atoms with Gasteiger partial charge in [-0.3, -0.25) is 4.79 Å². The molecule has 0 N–H and O–H groups in total. The molecule has 0 bridgehead atoms. The number of ether oxygens (including phenoxy) is 1. The first-order valence-electron chi connectivity index (χ1n) is 12.2. The summed E-state index contributed by atoms with van der Waals surface area (Å²) in [5.74, 6) is -0.943. The molecular weight excluding hydrogens is 543 g/mol. The van der Waals surface area contributed by atoms with Crippen molar-refractivity contribution in [3.63, 3.8) is 0 Å². The van der Waals surface area contributed by atoms with E-state index in [1.807, 2.05) is 5.38 Å². The number of alkyl halides is 5. The number of nitrogens with zero attached hydrogens (tertiary/aromatic N) is 4. The molecule has 2 aliphatic rings. The van der Waals surface area contributed by atoms with Gasteiger partial charge in [-0.25, -0.2) is 18.7 Å². The Hall–Kier alpha value is -3.61. The van der Waals surface area contributed by atoms with E-state index in [-0.39, 0.29) is 11.5 Å². The van der Waals surface area contributed by atoms with Crippen LogP contribution in [-0.4, -0.2) is 46.2 Å². The van der Waals surface area contributed by atoms with E-state index in [1.165, 1.54) is 23.6 Å². The molecule has 1 fully saturated rings. The molecule has 1 saturated heterocycles. The van der Waals surface area contributed by atoms with Crippen LogP contribution in [0.3, 0.4) is 0 Å². The molecule has 1 atom stereocenters. The monoisotopic (exact) mass is 566 g/mol. The fraction of sp³-hybridized carbons (Fsp3) is 0.385. The molecule has 2 aliphatic heterocycles. The van der Waals surface area contributed by atoms with Gasteiger partial charge in [-0.15, -0.1) is 11.3 Å². The highest BCUT2D eigenvalue weighted by atomic mass is 32.1. The van der Waals surface area contributed by atoms with Gasteiger partial charge in [0, 0.05) is 48.1 Å². The normalized spacial score (nSPS) is 18.3. The maximum absolute atomic E-state index is 13.4. The van der Waals surface area contributed by atoms with Crippen LogP contribution in [0.2, 0.25) is 0 Å². The van der Waals surface area contributed by atoms with Crippen molar-refractivity contribution in [3.05, 3.63) is 75.4 Å². The average Bonchev–Trinajstić information content (AvgIpc) is 3.62. The summed E-state index contributed by atoms with van der Waals surface area (Å²) < 4.78 is 71.2. The summed E-state index contributed by atoms with van der Waals surface area (Å²) in [7, 11) is 0. The first kappa shape index (κ1) is 27.0. The van der Waals surface area contributed by atoms with E-state index in [4.69, 9.17) is 14.6 Å². The molecule has 0 aliphatic carbocycles. The van der Waals surface area contributed by atoms with E-state index in [0.717, 1.165) is 17.1 Å². The molecule has 0 radical (unpaired) electrons. The molecule has 5 rings (SSSR count). The summed E-state index contributed by atoms with van der Waals surface area (Å²) in [6, 6.07) is 8.25. The van der Waals surface area contributed by atoms with E-state index in [2.05, 4.69) is 10.1 Å². The summed E-state index contributed by atoms with van der Waals surface area (Å²) in [6.07, 6.45) is -5.10. The molecule has 7 nitrogen and oxygen atoms in total. The summed E-state index contributed by atoms with van der Waals surface area (Å²) in [4.78, 5) is 27.9. The summed E-state index contributed by atoms with van der Waals surface area (Å²) >= 11 is 1.46. The molecule has 206 valence electrons. The molecule has 0 saturated carbocycles. The van der Waals surface area contributed by atoms with Gasteiger partial charge in [0.25, 0.3) is 12.3 Å². The number of carbonyl (C=O) groups excluding carboxylic acids is 1. The Labute approximate surface area is 224 Å². The topological polar surface area (TPSA) is 76.9 Å². The number of oxime groups is 1. The molecule has 13 heteroatoms. The molecule has 39 heavy (non-hydrogen) atoms. The van der Waals surface area contributed by atoms with E-state index in [0.29, 0.717) is 49.3 Å².